The van der Waals surface area contributed by atoms with Gasteiger partial charge >= 0.3 is 0 Å². The molecule has 1 saturated heterocycles. The van der Waals surface area contributed by atoms with Crippen LogP contribution in [-0.2, 0) is 11.3 Å². The highest BCUT2D eigenvalue weighted by molar-refractivity contribution is 5.54. The SMILES string of the molecule is CCNCc1c(F)cccc1N(C)C1CCOC1. The van der Waals surface area contributed by atoms with Crippen LogP contribution in [0.2, 0.25) is 0 Å². The number of anilines is 1. The zero-order valence-corrected chi connectivity index (χ0v) is 11.1. The molecule has 2 rings (SSSR count). The lowest BCUT2D eigenvalue weighted by Gasteiger charge is -2.28. The molecule has 0 spiro atoms. The molecule has 18 heavy (non-hydrogen) atoms. The summed E-state index contributed by atoms with van der Waals surface area (Å²) in [6.07, 6.45) is 1.01. The molecule has 0 radical (unpaired) electrons. The summed E-state index contributed by atoms with van der Waals surface area (Å²) in [6.45, 7) is 4.95. The molecule has 0 aliphatic carbocycles. The van der Waals surface area contributed by atoms with Crippen molar-refractivity contribution in [2.24, 2.45) is 0 Å². The molecule has 1 aromatic carbocycles. The number of nitrogens with one attached hydrogen (secondary N) is 1. The Morgan fingerprint density at radius 1 is 1.50 bits per heavy atom. The van der Waals surface area contributed by atoms with Crippen LogP contribution in [0.1, 0.15) is 18.9 Å². The lowest BCUT2D eigenvalue weighted by Crippen LogP contribution is -2.33. The summed E-state index contributed by atoms with van der Waals surface area (Å²) in [4.78, 5) is 2.14. The Balaban J connectivity index is 2.21. The Bertz CT molecular complexity index is 391. The van der Waals surface area contributed by atoms with Crippen molar-refractivity contribution in [2.75, 3.05) is 31.7 Å². The number of hydrogen-bond acceptors (Lipinski definition) is 3. The summed E-state index contributed by atoms with van der Waals surface area (Å²) in [7, 11) is 2.02. The Kier molecular flexibility index (Phi) is 4.55. The van der Waals surface area contributed by atoms with E-state index in [1.165, 1.54) is 6.07 Å². The van der Waals surface area contributed by atoms with Crippen molar-refractivity contribution in [3.05, 3.63) is 29.6 Å². The monoisotopic (exact) mass is 252 g/mol. The van der Waals surface area contributed by atoms with Crippen molar-refractivity contribution in [1.29, 1.82) is 0 Å². The van der Waals surface area contributed by atoms with Crippen molar-refractivity contribution in [2.45, 2.75) is 25.9 Å². The molecule has 0 amide bonds. The smallest absolute Gasteiger partial charge is 0.129 e. The van der Waals surface area contributed by atoms with Crippen LogP contribution < -0.4 is 10.2 Å². The third-order valence-electron chi connectivity index (χ3n) is 3.48. The van der Waals surface area contributed by atoms with Gasteiger partial charge in [0.1, 0.15) is 5.82 Å². The molecule has 1 heterocycles. The largest absolute Gasteiger partial charge is 0.379 e. The van der Waals surface area contributed by atoms with Crippen LogP contribution in [0.15, 0.2) is 18.2 Å². The number of ether oxygens (including phenoxy) is 1. The molecule has 1 aliphatic rings. The third-order valence-corrected chi connectivity index (χ3v) is 3.48. The first-order valence-electron chi connectivity index (χ1n) is 6.52. The maximum atomic E-state index is 13.9. The van der Waals surface area contributed by atoms with Crippen LogP contribution in [0.25, 0.3) is 0 Å². The van der Waals surface area contributed by atoms with Gasteiger partial charge in [-0.05, 0) is 25.1 Å². The van der Waals surface area contributed by atoms with Crippen molar-refractivity contribution < 1.29 is 9.13 Å². The van der Waals surface area contributed by atoms with Crippen molar-refractivity contribution in [3.63, 3.8) is 0 Å². The zero-order valence-electron chi connectivity index (χ0n) is 11.1. The summed E-state index contributed by atoms with van der Waals surface area (Å²) in [5.41, 5.74) is 1.71. The second kappa shape index (κ2) is 6.16. The third kappa shape index (κ3) is 2.82. The second-order valence-electron chi connectivity index (χ2n) is 4.65. The molecule has 1 atom stereocenters. The Morgan fingerprint density at radius 3 is 3.00 bits per heavy atom. The quantitative estimate of drug-likeness (QED) is 0.869. The molecule has 1 unspecified atom stereocenters. The molecular weight excluding hydrogens is 231 g/mol. The van der Waals surface area contributed by atoms with E-state index in [0.717, 1.165) is 37.4 Å². The fourth-order valence-corrected chi connectivity index (χ4v) is 2.33. The van der Waals surface area contributed by atoms with Gasteiger partial charge in [0.2, 0.25) is 0 Å². The molecule has 1 aromatic rings. The summed E-state index contributed by atoms with van der Waals surface area (Å²) in [6, 6.07) is 5.63. The van der Waals surface area contributed by atoms with Gasteiger partial charge in [0.15, 0.2) is 0 Å². The van der Waals surface area contributed by atoms with Crippen LogP contribution >= 0.6 is 0 Å². The maximum Gasteiger partial charge on any atom is 0.129 e. The molecule has 100 valence electrons. The first-order valence-corrected chi connectivity index (χ1v) is 6.52. The van der Waals surface area contributed by atoms with E-state index >= 15 is 0 Å². The molecular formula is C14H21FN2O. The van der Waals surface area contributed by atoms with Gasteiger partial charge < -0.3 is 15.0 Å². The number of rotatable bonds is 5. The van der Waals surface area contributed by atoms with E-state index in [0.29, 0.717) is 12.6 Å². The van der Waals surface area contributed by atoms with E-state index in [1.807, 2.05) is 20.0 Å². The summed E-state index contributed by atoms with van der Waals surface area (Å²) < 4.78 is 19.3. The van der Waals surface area contributed by atoms with Gasteiger partial charge in [0.25, 0.3) is 0 Å². The highest BCUT2D eigenvalue weighted by Crippen LogP contribution is 2.26. The first kappa shape index (κ1) is 13.3. The minimum absolute atomic E-state index is 0.140. The van der Waals surface area contributed by atoms with Gasteiger partial charge in [-0.25, -0.2) is 4.39 Å². The van der Waals surface area contributed by atoms with Gasteiger partial charge in [0.05, 0.1) is 12.6 Å². The maximum absolute atomic E-state index is 13.9. The van der Waals surface area contributed by atoms with E-state index in [1.54, 1.807) is 6.07 Å². The van der Waals surface area contributed by atoms with Crippen LogP contribution in [-0.4, -0.2) is 32.8 Å². The highest BCUT2D eigenvalue weighted by Gasteiger charge is 2.23. The normalized spacial score (nSPS) is 19.2. The molecule has 1 N–H and O–H groups in total. The molecule has 4 heteroatoms. The minimum atomic E-state index is -0.140. The van der Waals surface area contributed by atoms with Gasteiger partial charge in [-0.3, -0.25) is 0 Å². The summed E-state index contributed by atoms with van der Waals surface area (Å²) >= 11 is 0. The molecule has 0 aromatic heterocycles. The summed E-state index contributed by atoms with van der Waals surface area (Å²) in [5.74, 6) is -0.140. The number of hydrogen-bond donors (Lipinski definition) is 1. The lowest BCUT2D eigenvalue weighted by molar-refractivity contribution is 0.193. The average Bonchev–Trinajstić information content (AvgIpc) is 2.90. The zero-order chi connectivity index (χ0) is 13.0. The lowest BCUT2D eigenvalue weighted by atomic mass is 10.1. The predicted octanol–water partition coefficient (Wildman–Crippen LogP) is 2.16. The van der Waals surface area contributed by atoms with Crippen LogP contribution in [0.5, 0.6) is 0 Å². The van der Waals surface area contributed by atoms with Crippen LogP contribution in [0.4, 0.5) is 10.1 Å². The molecule has 0 bridgehead atoms. The standard InChI is InChI=1S/C14H21FN2O/c1-3-16-9-12-13(15)5-4-6-14(12)17(2)11-7-8-18-10-11/h4-6,11,16H,3,7-10H2,1-2H3. The molecule has 1 fully saturated rings. The number of benzene rings is 1. The summed E-state index contributed by atoms with van der Waals surface area (Å²) in [5, 5.41) is 3.19. The van der Waals surface area contributed by atoms with E-state index < -0.39 is 0 Å². The first-order chi connectivity index (χ1) is 8.74. The Labute approximate surface area is 108 Å². The van der Waals surface area contributed by atoms with Crippen molar-refractivity contribution >= 4 is 5.69 Å². The van der Waals surface area contributed by atoms with Crippen LogP contribution in [0, 0.1) is 5.82 Å². The fraction of sp³-hybridized carbons (Fsp3) is 0.571. The van der Waals surface area contributed by atoms with Gasteiger partial charge in [-0.1, -0.05) is 13.0 Å². The molecule has 0 saturated carbocycles. The molecule has 1 aliphatic heterocycles. The van der Waals surface area contributed by atoms with Gasteiger partial charge in [-0.2, -0.15) is 0 Å². The second-order valence-corrected chi connectivity index (χ2v) is 4.65. The van der Waals surface area contributed by atoms with Gasteiger partial charge in [0, 0.05) is 31.5 Å². The van der Waals surface area contributed by atoms with Crippen LogP contribution in [0.3, 0.4) is 0 Å². The van der Waals surface area contributed by atoms with Gasteiger partial charge in [-0.15, -0.1) is 0 Å². The van der Waals surface area contributed by atoms with E-state index in [4.69, 9.17) is 4.74 Å². The van der Waals surface area contributed by atoms with Crippen molar-refractivity contribution in [3.8, 4) is 0 Å². The minimum Gasteiger partial charge on any atom is -0.379 e. The molecule has 3 nitrogen and oxygen atoms in total. The Hall–Kier alpha value is -1.13. The fourth-order valence-electron chi connectivity index (χ4n) is 2.33. The Morgan fingerprint density at radius 2 is 2.33 bits per heavy atom. The van der Waals surface area contributed by atoms with E-state index in [9.17, 15) is 4.39 Å². The predicted molar refractivity (Wildman–Crippen MR) is 71.4 cm³/mol. The average molecular weight is 252 g/mol. The highest BCUT2D eigenvalue weighted by atomic mass is 19.1. The number of halogens is 1. The van der Waals surface area contributed by atoms with Crippen molar-refractivity contribution in [1.82, 2.24) is 5.32 Å². The van der Waals surface area contributed by atoms with E-state index in [-0.39, 0.29) is 5.82 Å². The van der Waals surface area contributed by atoms with E-state index in [2.05, 4.69) is 10.2 Å². The number of likely N-dealkylation sites (N-methyl/N-ethyl adjacent to an activating group) is 1. The number of nitrogens with zero attached hydrogens (tertiary/aromatic N) is 1. The topological polar surface area (TPSA) is 24.5 Å².